The standard InChI is InChI=1S/C12H10N2O3/c1-17-10-4-2-8(3-5-10)11-6-9(7-15)12(16)14-13-11/h2-6,13H,1H3,(H,14,16). The van der Waals surface area contributed by atoms with Crippen molar-refractivity contribution < 1.29 is 14.3 Å². The molecule has 0 aromatic heterocycles. The molecule has 86 valence electrons. The highest BCUT2D eigenvalue weighted by atomic mass is 16.5. The molecule has 0 unspecified atom stereocenters. The van der Waals surface area contributed by atoms with E-state index in [4.69, 9.17) is 4.74 Å². The summed E-state index contributed by atoms with van der Waals surface area (Å²) in [5.41, 5.74) is 6.51. The largest absolute Gasteiger partial charge is 0.497 e. The molecule has 5 nitrogen and oxygen atoms in total. The molecule has 0 saturated heterocycles. The number of hydrogen-bond donors (Lipinski definition) is 2. The predicted molar refractivity (Wildman–Crippen MR) is 61.5 cm³/mol. The van der Waals surface area contributed by atoms with Gasteiger partial charge in [0.25, 0.3) is 5.91 Å². The number of amides is 1. The number of ether oxygens (including phenoxy) is 1. The van der Waals surface area contributed by atoms with Crippen LogP contribution in [0.25, 0.3) is 5.70 Å². The first-order valence-electron chi connectivity index (χ1n) is 4.92. The molecule has 2 N–H and O–H groups in total. The molecule has 1 aromatic rings. The Labute approximate surface area is 97.7 Å². The number of benzene rings is 1. The van der Waals surface area contributed by atoms with Crippen LogP contribution in [0, 0.1) is 0 Å². The monoisotopic (exact) mass is 230 g/mol. The fourth-order valence-electron chi connectivity index (χ4n) is 1.44. The first kappa shape index (κ1) is 11.0. The Balaban J connectivity index is 2.34. The molecule has 2 rings (SSSR count). The fraction of sp³-hybridized carbons (Fsp3) is 0.0833. The van der Waals surface area contributed by atoms with Gasteiger partial charge in [0.2, 0.25) is 0 Å². The van der Waals surface area contributed by atoms with Crippen LogP contribution in [-0.2, 0) is 9.59 Å². The topological polar surface area (TPSA) is 67.4 Å². The van der Waals surface area contributed by atoms with Crippen molar-refractivity contribution in [1.82, 2.24) is 10.9 Å². The van der Waals surface area contributed by atoms with E-state index in [0.29, 0.717) is 5.70 Å². The zero-order chi connectivity index (χ0) is 12.3. The number of hydrogen-bond acceptors (Lipinski definition) is 4. The molecule has 0 bridgehead atoms. The molecular formula is C12H10N2O3. The van der Waals surface area contributed by atoms with Gasteiger partial charge in [-0.05, 0) is 35.9 Å². The van der Waals surface area contributed by atoms with E-state index in [1.807, 2.05) is 12.1 Å². The molecule has 1 heterocycles. The predicted octanol–water partition coefficient (Wildman–Crippen LogP) is 0.428. The van der Waals surface area contributed by atoms with Crippen LogP contribution in [0.5, 0.6) is 5.75 Å². The van der Waals surface area contributed by atoms with Gasteiger partial charge in [0, 0.05) is 0 Å². The van der Waals surface area contributed by atoms with Gasteiger partial charge in [-0.15, -0.1) is 0 Å². The Morgan fingerprint density at radius 2 is 1.88 bits per heavy atom. The molecule has 0 fully saturated rings. The minimum absolute atomic E-state index is 0.0328. The third-order valence-corrected chi connectivity index (χ3v) is 2.35. The average molecular weight is 230 g/mol. The van der Waals surface area contributed by atoms with Crippen LogP contribution in [-0.4, -0.2) is 19.0 Å². The maximum atomic E-state index is 11.2. The van der Waals surface area contributed by atoms with Crippen molar-refractivity contribution in [3.8, 4) is 5.75 Å². The lowest BCUT2D eigenvalue weighted by Crippen LogP contribution is -2.40. The smallest absolute Gasteiger partial charge is 0.280 e. The van der Waals surface area contributed by atoms with Crippen LogP contribution >= 0.6 is 0 Å². The van der Waals surface area contributed by atoms with E-state index in [0.717, 1.165) is 11.3 Å². The number of rotatable bonds is 2. The lowest BCUT2D eigenvalue weighted by atomic mass is 10.1. The Morgan fingerprint density at radius 1 is 1.18 bits per heavy atom. The maximum absolute atomic E-state index is 11.2. The van der Waals surface area contributed by atoms with E-state index < -0.39 is 5.91 Å². The number of methoxy groups -OCH3 is 1. The highest BCUT2D eigenvalue weighted by Gasteiger charge is 2.16. The quantitative estimate of drug-likeness (QED) is 0.571. The van der Waals surface area contributed by atoms with Gasteiger partial charge in [0.05, 0.1) is 12.8 Å². The zero-order valence-electron chi connectivity index (χ0n) is 9.11. The van der Waals surface area contributed by atoms with Crippen molar-refractivity contribution in [2.45, 2.75) is 0 Å². The van der Waals surface area contributed by atoms with E-state index in [1.54, 1.807) is 25.2 Å². The van der Waals surface area contributed by atoms with Crippen molar-refractivity contribution >= 4 is 17.5 Å². The summed E-state index contributed by atoms with van der Waals surface area (Å²) >= 11 is 0. The molecule has 0 aliphatic carbocycles. The lowest BCUT2D eigenvalue weighted by Gasteiger charge is -2.17. The van der Waals surface area contributed by atoms with Gasteiger partial charge in [-0.2, -0.15) is 0 Å². The molecule has 0 spiro atoms. The highest BCUT2D eigenvalue weighted by Crippen LogP contribution is 2.18. The van der Waals surface area contributed by atoms with Crippen LogP contribution in [0.2, 0.25) is 0 Å². The summed E-state index contributed by atoms with van der Waals surface area (Å²) in [4.78, 5) is 21.7. The molecule has 1 aromatic carbocycles. The van der Waals surface area contributed by atoms with Crippen LogP contribution in [0.1, 0.15) is 5.56 Å². The summed E-state index contributed by atoms with van der Waals surface area (Å²) in [6.07, 6.45) is 1.45. The van der Waals surface area contributed by atoms with Gasteiger partial charge in [0.15, 0.2) is 0 Å². The van der Waals surface area contributed by atoms with Crippen molar-refractivity contribution in [3.05, 3.63) is 41.5 Å². The average Bonchev–Trinajstić information content (AvgIpc) is 2.39. The van der Waals surface area contributed by atoms with E-state index in [1.165, 1.54) is 6.08 Å². The van der Waals surface area contributed by atoms with Crippen molar-refractivity contribution in [2.75, 3.05) is 7.11 Å². The molecule has 5 heteroatoms. The van der Waals surface area contributed by atoms with Gasteiger partial charge in [-0.25, -0.2) is 4.79 Å². The maximum Gasteiger partial charge on any atom is 0.280 e. The van der Waals surface area contributed by atoms with Crippen LogP contribution in [0.4, 0.5) is 0 Å². The first-order valence-corrected chi connectivity index (χ1v) is 4.92. The molecule has 0 radical (unpaired) electrons. The Kier molecular flexibility index (Phi) is 2.94. The van der Waals surface area contributed by atoms with Crippen LogP contribution < -0.4 is 15.6 Å². The molecule has 1 aliphatic heterocycles. The summed E-state index contributed by atoms with van der Waals surface area (Å²) in [6.45, 7) is 0. The van der Waals surface area contributed by atoms with E-state index >= 15 is 0 Å². The number of carbonyl (C=O) groups is 1. The van der Waals surface area contributed by atoms with Gasteiger partial charge < -0.3 is 4.74 Å². The summed E-state index contributed by atoms with van der Waals surface area (Å²) in [5.74, 6) is 1.84. The normalized spacial score (nSPS) is 14.3. The summed E-state index contributed by atoms with van der Waals surface area (Å²) < 4.78 is 5.04. The highest BCUT2D eigenvalue weighted by molar-refractivity contribution is 6.06. The van der Waals surface area contributed by atoms with E-state index in [9.17, 15) is 9.59 Å². The third kappa shape index (κ3) is 2.19. The van der Waals surface area contributed by atoms with E-state index in [2.05, 4.69) is 10.9 Å². The fourth-order valence-corrected chi connectivity index (χ4v) is 1.44. The van der Waals surface area contributed by atoms with Gasteiger partial charge >= 0.3 is 0 Å². The molecule has 17 heavy (non-hydrogen) atoms. The first-order chi connectivity index (χ1) is 8.24. The Bertz CT molecular complexity index is 525. The Morgan fingerprint density at radius 3 is 2.47 bits per heavy atom. The van der Waals surface area contributed by atoms with E-state index in [-0.39, 0.29) is 5.57 Å². The number of hydrazine groups is 1. The second kappa shape index (κ2) is 4.55. The van der Waals surface area contributed by atoms with Crippen LogP contribution in [0.3, 0.4) is 0 Å². The van der Waals surface area contributed by atoms with Gasteiger partial charge in [-0.1, -0.05) is 0 Å². The second-order valence-corrected chi connectivity index (χ2v) is 3.38. The second-order valence-electron chi connectivity index (χ2n) is 3.38. The number of nitrogens with one attached hydrogen (secondary N) is 2. The summed E-state index contributed by atoms with van der Waals surface area (Å²) in [7, 11) is 1.58. The zero-order valence-corrected chi connectivity index (χ0v) is 9.11. The number of carbonyl (C=O) groups excluding carboxylic acids is 2. The van der Waals surface area contributed by atoms with Gasteiger partial charge in [-0.3, -0.25) is 15.6 Å². The molecule has 1 amide bonds. The SMILES string of the molecule is COc1ccc(C2=CC(=C=O)C(=O)NN2)cc1. The van der Waals surface area contributed by atoms with Crippen molar-refractivity contribution in [3.63, 3.8) is 0 Å². The van der Waals surface area contributed by atoms with Gasteiger partial charge in [0.1, 0.15) is 17.3 Å². The lowest BCUT2D eigenvalue weighted by molar-refractivity contribution is -0.117. The molecule has 0 saturated carbocycles. The Hall–Kier alpha value is -2.52. The van der Waals surface area contributed by atoms with Crippen molar-refractivity contribution in [1.29, 1.82) is 0 Å². The van der Waals surface area contributed by atoms with Crippen molar-refractivity contribution in [2.24, 2.45) is 0 Å². The third-order valence-electron chi connectivity index (χ3n) is 2.35. The molecule has 1 aliphatic rings. The minimum Gasteiger partial charge on any atom is -0.497 e. The summed E-state index contributed by atoms with van der Waals surface area (Å²) in [6, 6.07) is 7.21. The summed E-state index contributed by atoms with van der Waals surface area (Å²) in [5, 5.41) is 0. The molecular weight excluding hydrogens is 220 g/mol. The van der Waals surface area contributed by atoms with Crippen LogP contribution in [0.15, 0.2) is 35.9 Å². The minimum atomic E-state index is -0.489. The molecule has 0 atom stereocenters.